The molecule has 3 unspecified atom stereocenters. The summed E-state index contributed by atoms with van der Waals surface area (Å²) in [6, 6.07) is -3.42. The zero-order valence-electron chi connectivity index (χ0n) is 16.2. The topological polar surface area (TPSA) is 214 Å². The molecule has 1 fully saturated rings. The van der Waals surface area contributed by atoms with Crippen molar-refractivity contribution >= 4 is 29.6 Å². The highest BCUT2D eigenvalue weighted by atomic mass is 16.4. The predicted octanol–water partition coefficient (Wildman–Crippen LogP) is -3.17. The Labute approximate surface area is 171 Å². The number of aromatic nitrogens is 2. The fourth-order valence-electron chi connectivity index (χ4n) is 3.24. The lowest BCUT2D eigenvalue weighted by atomic mass is 10.1. The minimum Gasteiger partial charge on any atom is -0.480 e. The highest BCUT2D eigenvalue weighted by molar-refractivity contribution is 5.95. The van der Waals surface area contributed by atoms with Gasteiger partial charge in [0.2, 0.25) is 23.6 Å². The normalized spacial score (nSPS) is 17.8. The van der Waals surface area contributed by atoms with Crippen LogP contribution in [-0.4, -0.2) is 80.8 Å². The Balaban J connectivity index is 2.14. The van der Waals surface area contributed by atoms with E-state index >= 15 is 0 Å². The molecule has 1 aromatic heterocycles. The van der Waals surface area contributed by atoms with E-state index in [0.717, 1.165) is 0 Å². The van der Waals surface area contributed by atoms with Crippen molar-refractivity contribution in [3.8, 4) is 0 Å². The molecule has 30 heavy (non-hydrogen) atoms. The predicted molar refractivity (Wildman–Crippen MR) is 101 cm³/mol. The first-order valence-corrected chi connectivity index (χ1v) is 9.31. The molecule has 1 aliphatic heterocycles. The molecule has 2 heterocycles. The Morgan fingerprint density at radius 3 is 2.57 bits per heavy atom. The number of hydrogen-bond acceptors (Lipinski definition) is 7. The Bertz CT molecular complexity index is 797. The zero-order valence-corrected chi connectivity index (χ0v) is 16.2. The van der Waals surface area contributed by atoms with Gasteiger partial charge in [0.1, 0.15) is 18.1 Å². The van der Waals surface area contributed by atoms with Crippen LogP contribution in [0.1, 0.15) is 25.0 Å². The smallest absolute Gasteiger partial charge is 0.326 e. The van der Waals surface area contributed by atoms with Crippen molar-refractivity contribution in [3.05, 3.63) is 18.2 Å². The second kappa shape index (κ2) is 10.3. The summed E-state index contributed by atoms with van der Waals surface area (Å²) in [6.45, 7) is -0.0630. The average Bonchev–Trinajstić information content (AvgIpc) is 3.37. The molecule has 0 spiro atoms. The van der Waals surface area contributed by atoms with Gasteiger partial charge in [-0.3, -0.25) is 19.2 Å². The summed E-state index contributed by atoms with van der Waals surface area (Å²) in [5.41, 5.74) is 10.9. The minimum absolute atomic E-state index is 0.106. The maximum absolute atomic E-state index is 13.1. The van der Waals surface area contributed by atoms with E-state index in [-0.39, 0.29) is 19.5 Å². The van der Waals surface area contributed by atoms with E-state index in [2.05, 4.69) is 20.6 Å². The number of carbonyl (C=O) groups excluding carboxylic acids is 4. The third kappa shape index (κ3) is 6.01. The molecule has 0 saturated carbocycles. The van der Waals surface area contributed by atoms with Crippen LogP contribution in [0.3, 0.4) is 0 Å². The van der Waals surface area contributed by atoms with E-state index in [0.29, 0.717) is 18.5 Å². The van der Waals surface area contributed by atoms with Crippen molar-refractivity contribution in [2.75, 3.05) is 13.1 Å². The molecule has 1 aromatic rings. The number of carboxylic acids is 1. The first-order valence-electron chi connectivity index (χ1n) is 9.31. The molecule has 8 N–H and O–H groups in total. The molecule has 1 aliphatic rings. The van der Waals surface area contributed by atoms with Gasteiger partial charge in [-0.15, -0.1) is 0 Å². The zero-order chi connectivity index (χ0) is 22.3. The van der Waals surface area contributed by atoms with Crippen LogP contribution in [0, 0.1) is 0 Å². The van der Waals surface area contributed by atoms with Gasteiger partial charge in [-0.2, -0.15) is 0 Å². The summed E-state index contributed by atoms with van der Waals surface area (Å²) in [5, 5.41) is 14.0. The van der Waals surface area contributed by atoms with Crippen molar-refractivity contribution in [2.45, 2.75) is 43.8 Å². The number of H-pyrrole nitrogens is 1. The third-order valence-corrected chi connectivity index (χ3v) is 4.66. The van der Waals surface area contributed by atoms with Crippen LogP contribution in [0.2, 0.25) is 0 Å². The molecule has 13 heteroatoms. The second-order valence-electron chi connectivity index (χ2n) is 6.86. The van der Waals surface area contributed by atoms with Crippen LogP contribution < -0.4 is 22.1 Å². The number of nitrogens with two attached hydrogens (primary N) is 2. The molecule has 13 nitrogen and oxygen atoms in total. The van der Waals surface area contributed by atoms with Crippen molar-refractivity contribution in [2.24, 2.45) is 11.5 Å². The van der Waals surface area contributed by atoms with Gasteiger partial charge in [0.05, 0.1) is 19.3 Å². The van der Waals surface area contributed by atoms with Gasteiger partial charge in [-0.25, -0.2) is 9.78 Å². The lowest BCUT2D eigenvalue weighted by Gasteiger charge is -2.29. The lowest BCUT2D eigenvalue weighted by Crippen LogP contribution is -2.56. The summed E-state index contributed by atoms with van der Waals surface area (Å²) in [6.07, 6.45) is 3.29. The number of nitrogens with one attached hydrogen (secondary N) is 3. The van der Waals surface area contributed by atoms with Crippen molar-refractivity contribution in [1.82, 2.24) is 25.5 Å². The van der Waals surface area contributed by atoms with Gasteiger partial charge >= 0.3 is 5.97 Å². The van der Waals surface area contributed by atoms with Crippen molar-refractivity contribution < 1.29 is 29.1 Å². The van der Waals surface area contributed by atoms with Crippen LogP contribution in [0.25, 0.3) is 0 Å². The number of nitrogens with zero attached hydrogens (tertiary/aromatic N) is 2. The highest BCUT2D eigenvalue weighted by Crippen LogP contribution is 2.20. The van der Waals surface area contributed by atoms with Crippen LogP contribution in [0.5, 0.6) is 0 Å². The molecule has 3 atom stereocenters. The SMILES string of the molecule is NCC(=O)NC(Cc1cnc[nH]1)C(=O)N1CCCC1C(=O)NC(CC(N)=O)C(=O)O. The number of carbonyl (C=O) groups is 5. The average molecular weight is 423 g/mol. The Morgan fingerprint density at radius 2 is 2.00 bits per heavy atom. The maximum atomic E-state index is 13.1. The number of hydrogen-bond donors (Lipinski definition) is 6. The Hall–Kier alpha value is -3.48. The van der Waals surface area contributed by atoms with Gasteiger partial charge in [0, 0.05) is 24.9 Å². The summed E-state index contributed by atoms with van der Waals surface area (Å²) < 4.78 is 0. The lowest BCUT2D eigenvalue weighted by molar-refractivity contribution is -0.145. The number of likely N-dealkylation sites (tertiary alicyclic amines) is 1. The number of carboxylic acid groups (broad SMARTS) is 1. The van der Waals surface area contributed by atoms with Crippen LogP contribution in [-0.2, 0) is 30.4 Å². The number of aromatic amines is 1. The van der Waals surface area contributed by atoms with E-state index < -0.39 is 54.1 Å². The molecule has 2 rings (SSSR count). The van der Waals surface area contributed by atoms with Gasteiger partial charge < -0.3 is 37.1 Å². The third-order valence-electron chi connectivity index (χ3n) is 4.66. The molecule has 4 amide bonds. The monoisotopic (exact) mass is 423 g/mol. The second-order valence-corrected chi connectivity index (χ2v) is 6.86. The van der Waals surface area contributed by atoms with Crippen LogP contribution in [0.15, 0.2) is 12.5 Å². The van der Waals surface area contributed by atoms with Crippen molar-refractivity contribution in [1.29, 1.82) is 0 Å². The molecule has 0 aromatic carbocycles. The molecule has 0 radical (unpaired) electrons. The van der Waals surface area contributed by atoms with Crippen LogP contribution in [0.4, 0.5) is 0 Å². The molecular weight excluding hydrogens is 398 g/mol. The van der Waals surface area contributed by atoms with Gasteiger partial charge in [-0.1, -0.05) is 0 Å². The van der Waals surface area contributed by atoms with Gasteiger partial charge in [0.25, 0.3) is 0 Å². The maximum Gasteiger partial charge on any atom is 0.326 e. The number of amides is 4. The molecule has 0 bridgehead atoms. The Kier molecular flexibility index (Phi) is 7.86. The molecule has 164 valence electrons. The largest absolute Gasteiger partial charge is 0.480 e. The fraction of sp³-hybridized carbons (Fsp3) is 0.529. The fourth-order valence-corrected chi connectivity index (χ4v) is 3.24. The summed E-state index contributed by atoms with van der Waals surface area (Å²) in [7, 11) is 0. The van der Waals surface area contributed by atoms with Crippen LogP contribution >= 0.6 is 0 Å². The standard InChI is InChI=1S/C17H25N7O6/c18-6-14(26)22-10(4-9-7-20-8-21-9)16(28)24-3-1-2-12(24)15(27)23-11(17(29)30)5-13(19)25/h7-8,10-12H,1-6,18H2,(H2,19,25)(H,20,21)(H,22,26)(H,23,27)(H,29,30). The summed E-state index contributed by atoms with van der Waals surface area (Å²) >= 11 is 0. The highest BCUT2D eigenvalue weighted by Gasteiger charge is 2.39. The van der Waals surface area contributed by atoms with Crippen molar-refractivity contribution in [3.63, 3.8) is 0 Å². The first kappa shape index (κ1) is 22.8. The molecule has 1 saturated heterocycles. The van der Waals surface area contributed by atoms with E-state index in [1.54, 1.807) is 0 Å². The van der Waals surface area contributed by atoms with E-state index in [4.69, 9.17) is 11.5 Å². The summed E-state index contributed by atoms with van der Waals surface area (Å²) in [4.78, 5) is 67.8. The molecule has 0 aliphatic carbocycles. The number of imidazole rings is 1. The number of primary amides is 1. The number of aliphatic carboxylic acids is 1. The Morgan fingerprint density at radius 1 is 1.27 bits per heavy atom. The van der Waals surface area contributed by atoms with E-state index in [1.807, 2.05) is 0 Å². The number of rotatable bonds is 10. The van der Waals surface area contributed by atoms with Gasteiger partial charge in [-0.05, 0) is 12.8 Å². The van der Waals surface area contributed by atoms with E-state index in [9.17, 15) is 29.1 Å². The van der Waals surface area contributed by atoms with E-state index in [1.165, 1.54) is 17.4 Å². The molecular formula is C17H25N7O6. The minimum atomic E-state index is -1.50. The first-order chi connectivity index (χ1) is 14.2. The summed E-state index contributed by atoms with van der Waals surface area (Å²) in [5.74, 6) is -4.05. The van der Waals surface area contributed by atoms with Gasteiger partial charge in [0.15, 0.2) is 0 Å². The quantitative estimate of drug-likeness (QED) is 0.225.